The first-order chi connectivity index (χ1) is 10.7. The Bertz CT molecular complexity index is 440. The van der Waals surface area contributed by atoms with Gasteiger partial charge >= 0.3 is 6.16 Å². The molecule has 0 saturated heterocycles. The van der Waals surface area contributed by atoms with Crippen LogP contribution in [-0.2, 0) is 12.8 Å². The molecular weight excluding hydrogens is 276 g/mol. The van der Waals surface area contributed by atoms with Crippen molar-refractivity contribution in [3.63, 3.8) is 0 Å². The summed E-state index contributed by atoms with van der Waals surface area (Å²) in [6.07, 6.45) is 10.4. The van der Waals surface area contributed by atoms with Gasteiger partial charge in [0, 0.05) is 0 Å². The third-order valence-corrected chi connectivity index (χ3v) is 4.01. The normalized spacial score (nSPS) is 10.6. The Morgan fingerprint density at radius 2 is 1.64 bits per heavy atom. The fourth-order valence-corrected chi connectivity index (χ4v) is 2.77. The Hall–Kier alpha value is -1.51. The topological polar surface area (TPSA) is 46.5 Å². The van der Waals surface area contributed by atoms with E-state index < -0.39 is 6.16 Å². The average Bonchev–Trinajstić information content (AvgIpc) is 2.49. The number of hydrogen-bond acceptors (Lipinski definition) is 2. The molecular formula is C19H30O3. The zero-order chi connectivity index (χ0) is 16.2. The molecule has 1 rings (SSSR count). The molecule has 1 aromatic carbocycles. The fourth-order valence-electron chi connectivity index (χ4n) is 2.77. The van der Waals surface area contributed by atoms with Crippen LogP contribution in [-0.4, -0.2) is 11.3 Å². The monoisotopic (exact) mass is 306 g/mol. The van der Waals surface area contributed by atoms with Crippen LogP contribution in [0.15, 0.2) is 18.2 Å². The van der Waals surface area contributed by atoms with Gasteiger partial charge in [-0.2, -0.15) is 0 Å². The molecule has 0 aliphatic heterocycles. The predicted molar refractivity (Wildman–Crippen MR) is 90.8 cm³/mol. The third-order valence-electron chi connectivity index (χ3n) is 4.01. The van der Waals surface area contributed by atoms with E-state index in [1.807, 2.05) is 6.07 Å². The Morgan fingerprint density at radius 1 is 0.955 bits per heavy atom. The van der Waals surface area contributed by atoms with Crippen LogP contribution in [0.4, 0.5) is 4.79 Å². The quantitative estimate of drug-likeness (QED) is 0.310. The lowest BCUT2D eigenvalue weighted by molar-refractivity contribution is 0.144. The molecule has 22 heavy (non-hydrogen) atoms. The van der Waals surface area contributed by atoms with Gasteiger partial charge in [0.2, 0.25) is 0 Å². The number of hydrogen-bond donors (Lipinski definition) is 1. The first-order valence-electron chi connectivity index (χ1n) is 8.70. The molecule has 1 N–H and O–H groups in total. The molecule has 0 saturated carbocycles. The highest BCUT2D eigenvalue weighted by molar-refractivity contribution is 5.62. The van der Waals surface area contributed by atoms with Crippen molar-refractivity contribution in [1.82, 2.24) is 0 Å². The Balaban J connectivity index is 2.67. The highest BCUT2D eigenvalue weighted by atomic mass is 16.7. The van der Waals surface area contributed by atoms with Crippen LogP contribution >= 0.6 is 0 Å². The molecule has 0 fully saturated rings. The number of ether oxygens (including phenoxy) is 1. The van der Waals surface area contributed by atoms with E-state index in [0.29, 0.717) is 5.75 Å². The largest absolute Gasteiger partial charge is 0.511 e. The molecule has 0 heterocycles. The van der Waals surface area contributed by atoms with Crippen molar-refractivity contribution >= 4 is 6.16 Å². The molecule has 0 bridgehead atoms. The van der Waals surface area contributed by atoms with Crippen LogP contribution in [0.2, 0.25) is 0 Å². The molecule has 0 aliphatic carbocycles. The molecule has 1 aromatic rings. The summed E-state index contributed by atoms with van der Waals surface area (Å²) < 4.78 is 4.98. The Kier molecular flexibility index (Phi) is 9.36. The Labute approximate surface area is 134 Å². The van der Waals surface area contributed by atoms with Gasteiger partial charge in [-0.3, -0.25) is 0 Å². The average molecular weight is 306 g/mol. The van der Waals surface area contributed by atoms with Crippen molar-refractivity contribution in [2.24, 2.45) is 0 Å². The molecule has 0 aromatic heterocycles. The molecule has 0 spiro atoms. The summed E-state index contributed by atoms with van der Waals surface area (Å²) in [7, 11) is 0. The van der Waals surface area contributed by atoms with Crippen LogP contribution in [0.5, 0.6) is 5.75 Å². The molecule has 0 radical (unpaired) electrons. The molecule has 3 heteroatoms. The molecule has 0 aliphatic rings. The van der Waals surface area contributed by atoms with Crippen LogP contribution < -0.4 is 4.74 Å². The maximum atomic E-state index is 10.9. The van der Waals surface area contributed by atoms with Crippen molar-refractivity contribution < 1.29 is 14.6 Å². The maximum absolute atomic E-state index is 10.9. The molecule has 0 atom stereocenters. The summed E-state index contributed by atoms with van der Waals surface area (Å²) in [5.41, 5.74) is 2.34. The van der Waals surface area contributed by atoms with Crippen molar-refractivity contribution in [3.8, 4) is 5.75 Å². The van der Waals surface area contributed by atoms with Crippen molar-refractivity contribution in [2.45, 2.75) is 78.1 Å². The van der Waals surface area contributed by atoms with E-state index in [1.165, 1.54) is 37.7 Å². The van der Waals surface area contributed by atoms with E-state index in [9.17, 15) is 4.79 Å². The van der Waals surface area contributed by atoms with E-state index >= 15 is 0 Å². The fraction of sp³-hybridized carbons (Fsp3) is 0.632. The zero-order valence-corrected chi connectivity index (χ0v) is 14.1. The second-order valence-corrected chi connectivity index (χ2v) is 5.88. The first-order valence-corrected chi connectivity index (χ1v) is 8.70. The van der Waals surface area contributed by atoms with Crippen molar-refractivity contribution in [3.05, 3.63) is 29.3 Å². The maximum Gasteiger partial charge on any atom is 0.511 e. The number of benzene rings is 1. The predicted octanol–water partition coefficient (Wildman–Crippen LogP) is 5.99. The molecule has 3 nitrogen and oxygen atoms in total. The smallest absolute Gasteiger partial charge is 0.449 e. The van der Waals surface area contributed by atoms with Gasteiger partial charge in [0.15, 0.2) is 0 Å². The second kappa shape index (κ2) is 11.1. The number of carbonyl (C=O) groups is 1. The van der Waals surface area contributed by atoms with Crippen LogP contribution in [0.3, 0.4) is 0 Å². The van der Waals surface area contributed by atoms with Gasteiger partial charge in [0.1, 0.15) is 5.75 Å². The van der Waals surface area contributed by atoms with Gasteiger partial charge in [-0.05, 0) is 42.9 Å². The lowest BCUT2D eigenvalue weighted by Crippen LogP contribution is -2.07. The summed E-state index contributed by atoms with van der Waals surface area (Å²) >= 11 is 0. The minimum absolute atomic E-state index is 0.523. The number of rotatable bonds is 11. The SMILES string of the molecule is CCCCCCCCc1c(CCCC)cccc1OC(=O)O. The number of carboxylic acid groups (broad SMARTS) is 1. The first kappa shape index (κ1) is 18.5. The summed E-state index contributed by atoms with van der Waals surface area (Å²) in [5, 5.41) is 8.90. The molecule has 0 unspecified atom stereocenters. The third kappa shape index (κ3) is 6.97. The van der Waals surface area contributed by atoms with Crippen LogP contribution in [0.1, 0.15) is 76.3 Å². The van der Waals surface area contributed by atoms with E-state index in [2.05, 4.69) is 19.9 Å². The van der Waals surface area contributed by atoms with Gasteiger partial charge in [-0.1, -0.05) is 64.5 Å². The molecule has 0 amide bonds. The van der Waals surface area contributed by atoms with Gasteiger partial charge in [0.25, 0.3) is 0 Å². The minimum atomic E-state index is -1.23. The van der Waals surface area contributed by atoms with Crippen LogP contribution in [0.25, 0.3) is 0 Å². The lowest BCUT2D eigenvalue weighted by atomic mass is 9.96. The summed E-state index contributed by atoms with van der Waals surface area (Å²) in [6.45, 7) is 4.39. The van der Waals surface area contributed by atoms with E-state index in [-0.39, 0.29) is 0 Å². The van der Waals surface area contributed by atoms with E-state index in [1.54, 1.807) is 6.07 Å². The highest BCUT2D eigenvalue weighted by Gasteiger charge is 2.12. The van der Waals surface area contributed by atoms with Gasteiger partial charge in [-0.15, -0.1) is 0 Å². The van der Waals surface area contributed by atoms with Crippen molar-refractivity contribution in [2.75, 3.05) is 0 Å². The van der Waals surface area contributed by atoms with Gasteiger partial charge in [0.05, 0.1) is 0 Å². The summed E-state index contributed by atoms with van der Waals surface area (Å²) in [5.74, 6) is 0.523. The van der Waals surface area contributed by atoms with Crippen molar-refractivity contribution in [1.29, 1.82) is 0 Å². The lowest BCUT2D eigenvalue weighted by Gasteiger charge is -2.13. The van der Waals surface area contributed by atoms with Gasteiger partial charge in [-0.25, -0.2) is 4.79 Å². The van der Waals surface area contributed by atoms with Crippen LogP contribution in [0, 0.1) is 0 Å². The summed E-state index contributed by atoms with van der Waals surface area (Å²) in [6, 6.07) is 5.78. The Morgan fingerprint density at radius 3 is 2.32 bits per heavy atom. The number of aryl methyl sites for hydroxylation is 1. The van der Waals surface area contributed by atoms with E-state index in [0.717, 1.165) is 37.7 Å². The summed E-state index contributed by atoms with van der Waals surface area (Å²) in [4.78, 5) is 10.9. The standard InChI is InChI=1S/C19H30O3/c1-3-5-7-8-9-10-14-17-16(12-6-4-2)13-11-15-18(17)22-19(20)21/h11,13,15H,3-10,12,14H2,1-2H3,(H,20,21). The second-order valence-electron chi connectivity index (χ2n) is 5.88. The van der Waals surface area contributed by atoms with E-state index in [4.69, 9.17) is 9.84 Å². The highest BCUT2D eigenvalue weighted by Crippen LogP contribution is 2.26. The number of unbranched alkanes of at least 4 members (excludes halogenated alkanes) is 6. The minimum Gasteiger partial charge on any atom is -0.449 e. The molecule has 124 valence electrons. The van der Waals surface area contributed by atoms with Gasteiger partial charge < -0.3 is 9.84 Å². The zero-order valence-electron chi connectivity index (χ0n) is 14.1.